The van der Waals surface area contributed by atoms with E-state index in [4.69, 9.17) is 0 Å². The van der Waals surface area contributed by atoms with Gasteiger partial charge >= 0.3 is 158 Å². The number of benzene rings is 3. The average molecular weight is 364 g/mol. The Labute approximate surface area is 158 Å². The second kappa shape index (κ2) is 6.99. The molecule has 0 aliphatic rings. The minimum atomic E-state index is -2.54. The van der Waals surface area contributed by atoms with Crippen LogP contribution in [0.2, 0.25) is 0 Å². The Morgan fingerprint density at radius 1 is 0.538 bits per heavy atom. The number of aliphatic hydroxyl groups is 1. The van der Waals surface area contributed by atoms with Gasteiger partial charge in [0.25, 0.3) is 0 Å². The number of rotatable bonds is 5. The van der Waals surface area contributed by atoms with Crippen LogP contribution < -0.4 is 15.9 Å². The Morgan fingerprint density at radius 2 is 0.808 bits per heavy atom. The molecule has 3 aromatic carbocycles. The summed E-state index contributed by atoms with van der Waals surface area (Å²) in [4.78, 5) is 0. The van der Waals surface area contributed by atoms with E-state index in [1.807, 2.05) is 13.8 Å². The molecule has 0 fully saturated rings. The van der Waals surface area contributed by atoms with E-state index in [9.17, 15) is 5.11 Å². The van der Waals surface area contributed by atoms with Crippen LogP contribution >= 0.6 is 7.26 Å². The van der Waals surface area contributed by atoms with Crippen molar-refractivity contribution in [2.24, 2.45) is 0 Å². The molecule has 0 saturated heterocycles. The van der Waals surface area contributed by atoms with Gasteiger partial charge in [0.15, 0.2) is 0 Å². The van der Waals surface area contributed by atoms with Gasteiger partial charge in [-0.05, 0) is 0 Å². The van der Waals surface area contributed by atoms with Gasteiger partial charge in [-0.1, -0.05) is 0 Å². The van der Waals surface area contributed by atoms with E-state index < -0.39 is 12.9 Å². The molecule has 0 spiro atoms. The van der Waals surface area contributed by atoms with E-state index in [0.717, 1.165) is 0 Å². The minimum absolute atomic E-state index is 0.343. The summed E-state index contributed by atoms with van der Waals surface area (Å²) >= 11 is 0. The summed E-state index contributed by atoms with van der Waals surface area (Å²) < 4.78 is 0. The van der Waals surface area contributed by atoms with Gasteiger partial charge in [0.1, 0.15) is 0 Å². The summed E-state index contributed by atoms with van der Waals surface area (Å²) in [5.74, 6) is 0. The monoisotopic (exact) mass is 364 g/mol. The van der Waals surface area contributed by atoms with Gasteiger partial charge < -0.3 is 0 Å². The molecule has 0 radical (unpaired) electrons. The molecular formula is C24H29OP. The standard InChI is InChI=1S/C24H29OP/c1-23(2,25)24(3,4)26(20-14-8-5-9-15-20,21-16-10-6-11-17-21)22-18-12-7-13-19-22/h5-19,25-26H,1-4H3. The molecule has 0 amide bonds. The molecule has 0 aliphatic heterocycles. The van der Waals surface area contributed by atoms with E-state index in [0.29, 0.717) is 0 Å². The zero-order chi connectivity index (χ0) is 18.8. The topological polar surface area (TPSA) is 20.2 Å². The van der Waals surface area contributed by atoms with E-state index in [2.05, 4.69) is 105 Å². The van der Waals surface area contributed by atoms with Crippen molar-refractivity contribution in [3.8, 4) is 0 Å². The van der Waals surface area contributed by atoms with E-state index in [1.54, 1.807) is 0 Å². The predicted octanol–water partition coefficient (Wildman–Crippen LogP) is 4.26. The zero-order valence-electron chi connectivity index (χ0n) is 16.1. The fourth-order valence-corrected chi connectivity index (χ4v) is 10.3. The Hall–Kier alpha value is -1.95. The summed E-state index contributed by atoms with van der Waals surface area (Å²) in [5.41, 5.74) is -0.846. The van der Waals surface area contributed by atoms with Gasteiger partial charge in [-0.3, -0.25) is 0 Å². The van der Waals surface area contributed by atoms with Crippen molar-refractivity contribution in [3.63, 3.8) is 0 Å². The molecule has 3 aromatic rings. The SMILES string of the molecule is CC(C)(O)C(C)(C)[PH](c1ccccc1)(c1ccccc1)c1ccccc1. The molecular weight excluding hydrogens is 335 g/mol. The maximum atomic E-state index is 11.3. The fourth-order valence-electron chi connectivity index (χ4n) is 4.11. The molecule has 136 valence electrons. The van der Waals surface area contributed by atoms with Crippen LogP contribution in [0.4, 0.5) is 0 Å². The van der Waals surface area contributed by atoms with Crippen molar-refractivity contribution < 1.29 is 5.11 Å². The van der Waals surface area contributed by atoms with Crippen molar-refractivity contribution in [1.82, 2.24) is 0 Å². The molecule has 0 heterocycles. The van der Waals surface area contributed by atoms with Gasteiger partial charge in [-0.15, -0.1) is 0 Å². The van der Waals surface area contributed by atoms with Crippen LogP contribution in [0, 0.1) is 0 Å². The summed E-state index contributed by atoms with van der Waals surface area (Å²) in [6, 6.07) is 32.3. The normalized spacial score (nSPS) is 13.4. The fraction of sp³-hybridized carbons (Fsp3) is 0.250. The van der Waals surface area contributed by atoms with Crippen molar-refractivity contribution >= 4 is 23.2 Å². The predicted molar refractivity (Wildman–Crippen MR) is 117 cm³/mol. The molecule has 1 N–H and O–H groups in total. The van der Waals surface area contributed by atoms with Crippen LogP contribution in [0.3, 0.4) is 0 Å². The van der Waals surface area contributed by atoms with Gasteiger partial charge in [0, 0.05) is 0 Å². The van der Waals surface area contributed by atoms with Gasteiger partial charge in [-0.2, -0.15) is 0 Å². The van der Waals surface area contributed by atoms with Crippen molar-refractivity contribution in [1.29, 1.82) is 0 Å². The summed E-state index contributed by atoms with van der Waals surface area (Å²) in [6.45, 7) is 8.35. The maximum absolute atomic E-state index is 11.3. The number of hydrogen-bond acceptors (Lipinski definition) is 1. The van der Waals surface area contributed by atoms with Crippen LogP contribution in [0.25, 0.3) is 0 Å². The van der Waals surface area contributed by atoms with Crippen LogP contribution in [0.5, 0.6) is 0 Å². The molecule has 2 heteroatoms. The molecule has 0 aromatic heterocycles. The molecule has 0 unspecified atom stereocenters. The zero-order valence-corrected chi connectivity index (χ0v) is 17.1. The summed E-state index contributed by atoms with van der Waals surface area (Å²) in [6.07, 6.45) is 0. The summed E-state index contributed by atoms with van der Waals surface area (Å²) in [5, 5.41) is 14.9. The Balaban J connectivity index is 2.48. The first-order valence-corrected chi connectivity index (χ1v) is 11.2. The Kier molecular flexibility index (Phi) is 5.06. The van der Waals surface area contributed by atoms with E-state index in [-0.39, 0.29) is 5.16 Å². The molecule has 0 aliphatic carbocycles. The number of hydrogen-bond donors (Lipinski definition) is 1. The third-order valence-electron chi connectivity index (χ3n) is 6.09. The molecule has 3 rings (SSSR count). The van der Waals surface area contributed by atoms with Gasteiger partial charge in [0.05, 0.1) is 0 Å². The van der Waals surface area contributed by atoms with Crippen LogP contribution in [-0.2, 0) is 0 Å². The van der Waals surface area contributed by atoms with Crippen molar-refractivity contribution in [2.45, 2.75) is 38.5 Å². The summed E-state index contributed by atoms with van der Waals surface area (Å²) in [7, 11) is -2.54. The Morgan fingerprint density at radius 3 is 1.04 bits per heavy atom. The van der Waals surface area contributed by atoms with Gasteiger partial charge in [-0.25, -0.2) is 0 Å². The second-order valence-electron chi connectivity index (χ2n) is 8.03. The van der Waals surface area contributed by atoms with Gasteiger partial charge in [0.2, 0.25) is 0 Å². The first-order valence-electron chi connectivity index (χ1n) is 9.21. The van der Waals surface area contributed by atoms with E-state index in [1.165, 1.54) is 15.9 Å². The average Bonchev–Trinajstić information content (AvgIpc) is 2.64. The molecule has 0 saturated carbocycles. The second-order valence-corrected chi connectivity index (χ2v) is 12.5. The Bertz CT molecular complexity index is 737. The first kappa shape index (κ1) is 18.8. The third kappa shape index (κ3) is 2.90. The first-order chi connectivity index (χ1) is 12.3. The molecule has 0 atom stereocenters. The van der Waals surface area contributed by atoms with Crippen LogP contribution in [-0.4, -0.2) is 15.9 Å². The van der Waals surface area contributed by atoms with Crippen molar-refractivity contribution in [2.75, 3.05) is 0 Å². The molecule has 26 heavy (non-hydrogen) atoms. The third-order valence-corrected chi connectivity index (χ3v) is 12.2. The van der Waals surface area contributed by atoms with Crippen LogP contribution in [0.1, 0.15) is 27.7 Å². The van der Waals surface area contributed by atoms with Crippen molar-refractivity contribution in [3.05, 3.63) is 91.0 Å². The molecule has 1 nitrogen and oxygen atoms in total. The molecule has 0 bridgehead atoms. The van der Waals surface area contributed by atoms with E-state index >= 15 is 0 Å². The van der Waals surface area contributed by atoms with Crippen LogP contribution in [0.15, 0.2) is 91.0 Å². The quantitative estimate of drug-likeness (QED) is 0.671.